The number of imide groups is 1. The van der Waals surface area contributed by atoms with Crippen LogP contribution in [-0.2, 0) is 22.6 Å². The molecule has 3 rings (SSSR count). The van der Waals surface area contributed by atoms with Gasteiger partial charge in [0, 0.05) is 25.1 Å². The van der Waals surface area contributed by atoms with E-state index in [1.54, 1.807) is 6.07 Å². The molecule has 8 heteroatoms. The molecule has 0 aliphatic carbocycles. The van der Waals surface area contributed by atoms with Crippen LogP contribution in [0.5, 0.6) is 0 Å². The van der Waals surface area contributed by atoms with Crippen LogP contribution in [0.1, 0.15) is 34.3 Å². The van der Waals surface area contributed by atoms with Crippen molar-refractivity contribution < 1.29 is 24.3 Å². The van der Waals surface area contributed by atoms with Crippen LogP contribution in [-0.4, -0.2) is 46.4 Å². The molecule has 1 unspecified atom stereocenters. The Labute approximate surface area is 137 Å². The summed E-state index contributed by atoms with van der Waals surface area (Å²) >= 11 is 0. The summed E-state index contributed by atoms with van der Waals surface area (Å²) < 4.78 is 0. The van der Waals surface area contributed by atoms with Crippen molar-refractivity contribution in [2.45, 2.75) is 31.8 Å². The van der Waals surface area contributed by atoms with E-state index in [9.17, 15) is 19.2 Å². The molecule has 2 aliphatic rings. The van der Waals surface area contributed by atoms with Crippen molar-refractivity contribution in [2.75, 3.05) is 6.54 Å². The fourth-order valence-electron chi connectivity index (χ4n) is 3.07. The summed E-state index contributed by atoms with van der Waals surface area (Å²) in [5, 5.41) is 13.1. The first-order valence-electron chi connectivity index (χ1n) is 7.69. The number of carboxylic acid groups (broad SMARTS) is 1. The molecule has 1 atom stereocenters. The fraction of sp³-hybridized carbons (Fsp3) is 0.375. The summed E-state index contributed by atoms with van der Waals surface area (Å²) in [6, 6.07) is 4.80. The van der Waals surface area contributed by atoms with Gasteiger partial charge in [-0.25, -0.2) is 4.79 Å². The molecular formula is C16H17N3O5. The molecule has 0 bridgehead atoms. The Morgan fingerprint density at radius 2 is 2.12 bits per heavy atom. The minimum absolute atomic E-state index is 0.225. The van der Waals surface area contributed by atoms with Crippen molar-refractivity contribution in [1.82, 2.24) is 15.5 Å². The summed E-state index contributed by atoms with van der Waals surface area (Å²) in [5.41, 5.74) is 2.22. The van der Waals surface area contributed by atoms with E-state index in [1.807, 2.05) is 12.1 Å². The van der Waals surface area contributed by atoms with Crippen LogP contribution >= 0.6 is 0 Å². The second-order valence-corrected chi connectivity index (χ2v) is 5.87. The van der Waals surface area contributed by atoms with E-state index >= 15 is 0 Å². The van der Waals surface area contributed by atoms with Crippen LogP contribution < -0.4 is 10.6 Å². The predicted octanol–water partition coefficient (Wildman–Crippen LogP) is 0.258. The number of benzene rings is 1. The lowest BCUT2D eigenvalue weighted by molar-refractivity contribution is -0.136. The smallest absolute Gasteiger partial charge is 0.404 e. The summed E-state index contributed by atoms with van der Waals surface area (Å²) in [6.07, 6.45) is -0.0514. The van der Waals surface area contributed by atoms with Gasteiger partial charge in [0.2, 0.25) is 11.8 Å². The van der Waals surface area contributed by atoms with Crippen molar-refractivity contribution in [1.29, 1.82) is 0 Å². The predicted molar refractivity (Wildman–Crippen MR) is 82.2 cm³/mol. The molecule has 1 aromatic rings. The van der Waals surface area contributed by atoms with E-state index in [1.165, 1.54) is 4.90 Å². The van der Waals surface area contributed by atoms with Gasteiger partial charge in [-0.15, -0.1) is 0 Å². The number of rotatable bonds is 4. The van der Waals surface area contributed by atoms with Crippen LogP contribution in [0.2, 0.25) is 0 Å². The SMILES string of the molecule is O=C(O)NCCc1ccc2c(c1)C(=O)N(C1CCC(=O)NC1=O)C2. The second kappa shape index (κ2) is 6.31. The molecule has 0 aromatic heterocycles. The minimum Gasteiger partial charge on any atom is -0.465 e. The summed E-state index contributed by atoms with van der Waals surface area (Å²) in [7, 11) is 0. The van der Waals surface area contributed by atoms with Gasteiger partial charge >= 0.3 is 6.09 Å². The molecule has 1 saturated heterocycles. The van der Waals surface area contributed by atoms with Gasteiger partial charge in [-0.3, -0.25) is 19.7 Å². The maximum Gasteiger partial charge on any atom is 0.404 e. The Morgan fingerprint density at radius 3 is 2.83 bits per heavy atom. The van der Waals surface area contributed by atoms with Crippen LogP contribution in [0, 0.1) is 0 Å². The molecule has 8 nitrogen and oxygen atoms in total. The number of nitrogens with one attached hydrogen (secondary N) is 2. The molecule has 4 amide bonds. The normalized spacial score (nSPS) is 19.9. The lowest BCUT2D eigenvalue weighted by Gasteiger charge is -2.29. The number of carbonyl (C=O) groups excluding carboxylic acids is 3. The highest BCUT2D eigenvalue weighted by Gasteiger charge is 2.38. The summed E-state index contributed by atoms with van der Waals surface area (Å²) in [6.45, 7) is 0.604. The highest BCUT2D eigenvalue weighted by Crippen LogP contribution is 2.28. The molecule has 24 heavy (non-hydrogen) atoms. The van der Waals surface area contributed by atoms with E-state index in [2.05, 4.69) is 10.6 Å². The van der Waals surface area contributed by atoms with Gasteiger partial charge in [-0.2, -0.15) is 0 Å². The minimum atomic E-state index is -1.09. The third-order valence-corrected chi connectivity index (χ3v) is 4.28. The first-order chi connectivity index (χ1) is 11.5. The van der Waals surface area contributed by atoms with E-state index < -0.39 is 18.0 Å². The first kappa shape index (κ1) is 16.0. The molecule has 3 N–H and O–H groups in total. The summed E-state index contributed by atoms with van der Waals surface area (Å²) in [4.78, 5) is 47.8. The van der Waals surface area contributed by atoms with E-state index in [4.69, 9.17) is 5.11 Å². The van der Waals surface area contributed by atoms with Crippen molar-refractivity contribution in [3.05, 3.63) is 34.9 Å². The van der Waals surface area contributed by atoms with Gasteiger partial charge in [0.1, 0.15) is 6.04 Å². The number of carbonyl (C=O) groups is 4. The molecule has 2 heterocycles. The molecular weight excluding hydrogens is 314 g/mol. The van der Waals surface area contributed by atoms with Gasteiger partial charge in [-0.05, 0) is 30.0 Å². The Kier molecular flexibility index (Phi) is 4.20. The first-order valence-corrected chi connectivity index (χ1v) is 7.69. The van der Waals surface area contributed by atoms with Crippen LogP contribution in [0.15, 0.2) is 18.2 Å². The van der Waals surface area contributed by atoms with E-state index in [0.717, 1.165) is 11.1 Å². The van der Waals surface area contributed by atoms with Gasteiger partial charge in [-0.1, -0.05) is 12.1 Å². The van der Waals surface area contributed by atoms with Crippen molar-refractivity contribution >= 4 is 23.8 Å². The topological polar surface area (TPSA) is 116 Å². The van der Waals surface area contributed by atoms with E-state index in [-0.39, 0.29) is 24.8 Å². The van der Waals surface area contributed by atoms with Gasteiger partial charge in [0.25, 0.3) is 5.91 Å². The Balaban J connectivity index is 1.72. The van der Waals surface area contributed by atoms with Gasteiger partial charge < -0.3 is 15.3 Å². The lowest BCUT2D eigenvalue weighted by Crippen LogP contribution is -2.52. The fourth-order valence-corrected chi connectivity index (χ4v) is 3.07. The monoisotopic (exact) mass is 331 g/mol. The molecule has 126 valence electrons. The molecule has 0 spiro atoms. The molecule has 1 fully saturated rings. The van der Waals surface area contributed by atoms with Crippen LogP contribution in [0.3, 0.4) is 0 Å². The molecule has 0 saturated carbocycles. The maximum atomic E-state index is 12.6. The third-order valence-electron chi connectivity index (χ3n) is 4.28. The quantitative estimate of drug-likeness (QED) is 0.684. The average molecular weight is 331 g/mol. The van der Waals surface area contributed by atoms with E-state index in [0.29, 0.717) is 24.9 Å². The third kappa shape index (κ3) is 3.08. The van der Waals surface area contributed by atoms with Crippen molar-refractivity contribution in [3.8, 4) is 0 Å². The molecule has 2 aliphatic heterocycles. The molecule has 1 aromatic carbocycles. The standard InChI is InChI=1S/C16H17N3O5/c20-13-4-3-12(14(21)18-13)19-8-10-2-1-9(5-6-17-16(23)24)7-11(10)15(19)22/h1-2,7,12,17H,3-6,8H2,(H,23,24)(H,18,20,21). The zero-order valence-electron chi connectivity index (χ0n) is 12.9. The lowest BCUT2D eigenvalue weighted by atomic mass is 10.0. The largest absolute Gasteiger partial charge is 0.465 e. The Morgan fingerprint density at radius 1 is 1.33 bits per heavy atom. The van der Waals surface area contributed by atoms with Crippen LogP contribution in [0.4, 0.5) is 4.79 Å². The Bertz CT molecular complexity index is 730. The number of piperidine rings is 1. The second-order valence-electron chi connectivity index (χ2n) is 5.87. The number of nitrogens with zero attached hydrogens (tertiary/aromatic N) is 1. The average Bonchev–Trinajstić information content (AvgIpc) is 2.84. The zero-order chi connectivity index (χ0) is 17.3. The Hall–Kier alpha value is -2.90. The highest BCUT2D eigenvalue weighted by molar-refractivity contribution is 6.05. The van der Waals surface area contributed by atoms with Crippen molar-refractivity contribution in [3.63, 3.8) is 0 Å². The van der Waals surface area contributed by atoms with Crippen LogP contribution in [0.25, 0.3) is 0 Å². The summed E-state index contributed by atoms with van der Waals surface area (Å²) in [5.74, 6) is -0.973. The number of hydrogen-bond acceptors (Lipinski definition) is 4. The zero-order valence-corrected chi connectivity index (χ0v) is 12.9. The highest BCUT2D eigenvalue weighted by atomic mass is 16.4. The molecule has 0 radical (unpaired) electrons. The maximum absolute atomic E-state index is 12.6. The van der Waals surface area contributed by atoms with Gasteiger partial charge in [0.15, 0.2) is 0 Å². The number of amides is 4. The number of fused-ring (bicyclic) bond motifs is 1. The van der Waals surface area contributed by atoms with Crippen molar-refractivity contribution in [2.24, 2.45) is 0 Å². The number of hydrogen-bond donors (Lipinski definition) is 3. The van der Waals surface area contributed by atoms with Gasteiger partial charge in [0.05, 0.1) is 0 Å².